The zero-order chi connectivity index (χ0) is 21.1. The molecule has 1 aromatic heterocycles. The Hall–Kier alpha value is -1.68. The van der Waals surface area contributed by atoms with E-state index in [4.69, 9.17) is 4.99 Å². The molecule has 1 aromatic carbocycles. The van der Waals surface area contributed by atoms with Gasteiger partial charge in [0.2, 0.25) is 5.91 Å². The first-order chi connectivity index (χ1) is 14.6. The molecule has 3 heterocycles. The van der Waals surface area contributed by atoms with Crippen LogP contribution in [0.25, 0.3) is 0 Å². The highest BCUT2D eigenvalue weighted by molar-refractivity contribution is 14.0. The van der Waals surface area contributed by atoms with E-state index in [9.17, 15) is 4.79 Å². The largest absolute Gasteiger partial charge is 0.356 e. The van der Waals surface area contributed by atoms with Crippen LogP contribution in [0.4, 0.5) is 5.69 Å². The molecule has 1 fully saturated rings. The molecule has 0 saturated carbocycles. The van der Waals surface area contributed by atoms with Gasteiger partial charge in [-0.3, -0.25) is 4.79 Å². The molecule has 8 heteroatoms. The number of hydrogen-bond acceptors (Lipinski definition) is 4. The van der Waals surface area contributed by atoms with Crippen molar-refractivity contribution in [2.75, 3.05) is 31.1 Å². The molecular formula is C23H32IN5OS. The van der Waals surface area contributed by atoms with Gasteiger partial charge in [-0.25, -0.2) is 9.98 Å². The van der Waals surface area contributed by atoms with E-state index in [2.05, 4.69) is 60.2 Å². The van der Waals surface area contributed by atoms with Crippen LogP contribution >= 0.6 is 35.3 Å². The maximum atomic E-state index is 12.0. The highest BCUT2D eigenvalue weighted by Crippen LogP contribution is 2.38. The summed E-state index contributed by atoms with van der Waals surface area (Å²) in [5.41, 5.74) is 3.68. The number of nitrogens with one attached hydrogen (secondary N) is 1. The van der Waals surface area contributed by atoms with Crippen LogP contribution in [0.5, 0.6) is 0 Å². The summed E-state index contributed by atoms with van der Waals surface area (Å²) in [7, 11) is 0. The van der Waals surface area contributed by atoms with Crippen molar-refractivity contribution < 1.29 is 4.79 Å². The van der Waals surface area contributed by atoms with E-state index in [-0.39, 0.29) is 24.0 Å². The molecule has 0 radical (unpaired) electrons. The second-order valence-electron chi connectivity index (χ2n) is 8.06. The maximum Gasteiger partial charge on any atom is 0.222 e. The van der Waals surface area contributed by atoms with Crippen molar-refractivity contribution in [3.05, 3.63) is 45.4 Å². The molecule has 0 bridgehead atoms. The van der Waals surface area contributed by atoms with Gasteiger partial charge < -0.3 is 15.1 Å². The van der Waals surface area contributed by atoms with Gasteiger partial charge in [-0.1, -0.05) is 18.2 Å². The van der Waals surface area contributed by atoms with Gasteiger partial charge in [0.25, 0.3) is 0 Å². The van der Waals surface area contributed by atoms with Gasteiger partial charge in [0.1, 0.15) is 5.01 Å². The van der Waals surface area contributed by atoms with Gasteiger partial charge in [-0.05, 0) is 45.2 Å². The minimum absolute atomic E-state index is 0. The third-order valence-corrected chi connectivity index (χ3v) is 7.07. The molecule has 2 aromatic rings. The number of carbonyl (C=O) groups excluding carboxylic acids is 1. The number of aromatic nitrogens is 1. The molecule has 1 N–H and O–H groups in total. The molecule has 4 rings (SSSR count). The topological polar surface area (TPSA) is 60.8 Å². The SMILES string of the molecule is CCNC(=NCc1nc(C)c(C)s1)N1CC(CCN2CCCC2=O)c2ccccc21.I. The lowest BCUT2D eigenvalue weighted by Gasteiger charge is -2.23. The van der Waals surface area contributed by atoms with Crippen molar-refractivity contribution in [3.63, 3.8) is 0 Å². The van der Waals surface area contributed by atoms with Crippen LogP contribution in [0.15, 0.2) is 29.3 Å². The number of aliphatic imine (C=N–C) groups is 1. The Bertz CT molecular complexity index is 924. The number of thiazole rings is 1. The van der Waals surface area contributed by atoms with Crippen LogP contribution in [0.2, 0.25) is 0 Å². The van der Waals surface area contributed by atoms with Crippen molar-refractivity contribution >= 4 is 52.9 Å². The van der Waals surface area contributed by atoms with Crippen LogP contribution in [-0.4, -0.2) is 47.9 Å². The molecule has 31 heavy (non-hydrogen) atoms. The third-order valence-electron chi connectivity index (χ3n) is 6.02. The Morgan fingerprint density at radius 3 is 2.81 bits per heavy atom. The fraction of sp³-hybridized carbons (Fsp3) is 0.522. The van der Waals surface area contributed by atoms with Crippen LogP contribution in [0.3, 0.4) is 0 Å². The first-order valence-electron chi connectivity index (χ1n) is 10.9. The predicted molar refractivity (Wildman–Crippen MR) is 139 cm³/mol. The second kappa shape index (κ2) is 10.8. The number of carbonyl (C=O) groups is 1. The zero-order valence-corrected chi connectivity index (χ0v) is 21.7. The van der Waals surface area contributed by atoms with Crippen LogP contribution in [0.1, 0.15) is 53.2 Å². The standard InChI is InChI=1S/C23H31N5OS.HI/c1-4-24-23(25-14-21-26-16(2)17(3)30-21)28-15-18(19-8-5-6-9-20(19)28)11-13-27-12-7-10-22(27)29;/h5-6,8-9,18H,4,7,10-15H2,1-3H3,(H,24,25);1H. The first-order valence-corrected chi connectivity index (χ1v) is 11.7. The number of fused-ring (bicyclic) bond motifs is 1. The van der Waals surface area contributed by atoms with Crippen molar-refractivity contribution in [1.29, 1.82) is 0 Å². The summed E-state index contributed by atoms with van der Waals surface area (Å²) in [5, 5.41) is 4.52. The summed E-state index contributed by atoms with van der Waals surface area (Å²) in [6.07, 6.45) is 2.70. The summed E-state index contributed by atoms with van der Waals surface area (Å²) < 4.78 is 0. The Morgan fingerprint density at radius 1 is 1.32 bits per heavy atom. The minimum Gasteiger partial charge on any atom is -0.356 e. The fourth-order valence-electron chi connectivity index (χ4n) is 4.34. The molecule has 1 atom stereocenters. The summed E-state index contributed by atoms with van der Waals surface area (Å²) in [6, 6.07) is 8.61. The number of halogens is 1. The maximum absolute atomic E-state index is 12.0. The van der Waals surface area contributed by atoms with Crippen molar-refractivity contribution in [2.24, 2.45) is 4.99 Å². The van der Waals surface area contributed by atoms with Gasteiger partial charge in [0, 0.05) is 49.1 Å². The summed E-state index contributed by atoms with van der Waals surface area (Å²) in [4.78, 5) is 27.2. The van der Waals surface area contributed by atoms with Crippen LogP contribution < -0.4 is 10.2 Å². The molecule has 0 spiro atoms. The second-order valence-corrected chi connectivity index (χ2v) is 9.35. The summed E-state index contributed by atoms with van der Waals surface area (Å²) in [5.74, 6) is 1.63. The van der Waals surface area contributed by atoms with E-state index in [0.717, 1.165) is 55.7 Å². The highest BCUT2D eigenvalue weighted by atomic mass is 127. The summed E-state index contributed by atoms with van der Waals surface area (Å²) >= 11 is 1.72. The molecule has 2 aliphatic rings. The van der Waals surface area contributed by atoms with Gasteiger partial charge in [-0.2, -0.15) is 0 Å². The molecule has 1 saturated heterocycles. The van der Waals surface area contributed by atoms with Gasteiger partial charge in [-0.15, -0.1) is 35.3 Å². The van der Waals surface area contributed by atoms with Crippen LogP contribution in [0, 0.1) is 13.8 Å². The highest BCUT2D eigenvalue weighted by Gasteiger charge is 2.32. The molecule has 2 aliphatic heterocycles. The number of hydrogen-bond donors (Lipinski definition) is 1. The summed E-state index contributed by atoms with van der Waals surface area (Å²) in [6.45, 7) is 10.3. The normalized spacial score (nSPS) is 18.4. The lowest BCUT2D eigenvalue weighted by Crippen LogP contribution is -2.41. The first kappa shape index (κ1) is 24.0. The lowest BCUT2D eigenvalue weighted by molar-refractivity contribution is -0.127. The number of benzene rings is 1. The quantitative estimate of drug-likeness (QED) is 0.326. The lowest BCUT2D eigenvalue weighted by atomic mass is 9.98. The monoisotopic (exact) mass is 553 g/mol. The number of amides is 1. The molecule has 1 amide bonds. The average molecular weight is 554 g/mol. The van der Waals surface area contributed by atoms with Gasteiger partial charge in [0.15, 0.2) is 5.96 Å². The van der Waals surface area contributed by atoms with E-state index in [0.29, 0.717) is 24.8 Å². The average Bonchev–Trinajstić information content (AvgIpc) is 3.41. The molecule has 168 valence electrons. The Balaban J connectivity index is 0.00000272. The third kappa shape index (κ3) is 5.39. The minimum atomic E-state index is 0. The molecule has 1 unspecified atom stereocenters. The number of aryl methyl sites for hydroxylation is 2. The van der Waals surface area contributed by atoms with E-state index < -0.39 is 0 Å². The van der Waals surface area contributed by atoms with Gasteiger partial charge >= 0.3 is 0 Å². The molecule has 6 nitrogen and oxygen atoms in total. The van der Waals surface area contributed by atoms with E-state index >= 15 is 0 Å². The Labute approximate surface area is 206 Å². The van der Waals surface area contributed by atoms with E-state index in [1.165, 1.54) is 16.1 Å². The number of rotatable bonds is 6. The van der Waals surface area contributed by atoms with Gasteiger partial charge in [0.05, 0.1) is 12.2 Å². The molecule has 0 aliphatic carbocycles. The Kier molecular flexibility index (Phi) is 8.32. The van der Waals surface area contributed by atoms with Crippen molar-refractivity contribution in [1.82, 2.24) is 15.2 Å². The number of likely N-dealkylation sites (tertiary alicyclic amines) is 1. The van der Waals surface area contributed by atoms with Crippen molar-refractivity contribution in [2.45, 2.75) is 52.5 Å². The Morgan fingerprint density at radius 2 is 2.13 bits per heavy atom. The smallest absolute Gasteiger partial charge is 0.222 e. The number of para-hydroxylation sites is 1. The fourth-order valence-corrected chi connectivity index (χ4v) is 5.20. The van der Waals surface area contributed by atoms with E-state index in [1.54, 1.807) is 11.3 Å². The van der Waals surface area contributed by atoms with Crippen LogP contribution in [-0.2, 0) is 11.3 Å². The van der Waals surface area contributed by atoms with Crippen molar-refractivity contribution in [3.8, 4) is 0 Å². The van der Waals surface area contributed by atoms with E-state index in [1.807, 2.05) is 4.90 Å². The number of guanidine groups is 1. The number of nitrogens with zero attached hydrogens (tertiary/aromatic N) is 4. The zero-order valence-electron chi connectivity index (χ0n) is 18.6. The number of anilines is 1. The predicted octanol–water partition coefficient (Wildman–Crippen LogP) is 4.46. The molecular weight excluding hydrogens is 521 g/mol.